The van der Waals surface area contributed by atoms with Gasteiger partial charge in [-0.3, -0.25) is 0 Å². The molecule has 2 nitrogen and oxygen atoms in total. The Labute approximate surface area is 115 Å². The van der Waals surface area contributed by atoms with Crippen molar-refractivity contribution in [2.75, 3.05) is 0 Å². The van der Waals surface area contributed by atoms with Gasteiger partial charge in [-0.1, -0.05) is 39.0 Å². The van der Waals surface area contributed by atoms with Crippen molar-refractivity contribution in [1.82, 2.24) is 0 Å². The molecular weight excluding hydrogens is 234 g/mol. The molecule has 102 valence electrons. The Morgan fingerprint density at radius 2 is 1.79 bits per heavy atom. The summed E-state index contributed by atoms with van der Waals surface area (Å²) in [4.78, 5) is 0. The van der Waals surface area contributed by atoms with E-state index in [4.69, 9.17) is 10.2 Å². The lowest BCUT2D eigenvalue weighted by molar-refractivity contribution is 0.509. The van der Waals surface area contributed by atoms with Gasteiger partial charge in [0.05, 0.1) is 12.3 Å². The Kier molecular flexibility index (Phi) is 4.43. The van der Waals surface area contributed by atoms with Crippen molar-refractivity contribution in [2.24, 2.45) is 5.73 Å². The molecular formula is C17H23NO. The van der Waals surface area contributed by atoms with Gasteiger partial charge < -0.3 is 10.2 Å². The Morgan fingerprint density at radius 3 is 2.42 bits per heavy atom. The second-order valence-corrected chi connectivity index (χ2v) is 4.87. The van der Waals surface area contributed by atoms with Crippen LogP contribution in [-0.4, -0.2) is 0 Å². The molecule has 19 heavy (non-hydrogen) atoms. The van der Waals surface area contributed by atoms with Gasteiger partial charge >= 0.3 is 0 Å². The largest absolute Gasteiger partial charge is 0.469 e. The molecule has 0 aliphatic heterocycles. The lowest BCUT2D eigenvalue weighted by Crippen LogP contribution is -2.15. The molecule has 2 rings (SSSR count). The highest BCUT2D eigenvalue weighted by Crippen LogP contribution is 2.28. The number of hydrogen-bond acceptors (Lipinski definition) is 2. The number of hydrogen-bond donors (Lipinski definition) is 1. The zero-order chi connectivity index (χ0) is 13.8. The third kappa shape index (κ3) is 2.74. The highest BCUT2D eigenvalue weighted by atomic mass is 16.3. The summed E-state index contributed by atoms with van der Waals surface area (Å²) in [6.07, 6.45) is 4.66. The molecule has 0 bridgehead atoms. The first-order valence-electron chi connectivity index (χ1n) is 7.14. The van der Waals surface area contributed by atoms with Crippen LogP contribution in [-0.2, 0) is 19.3 Å². The van der Waals surface area contributed by atoms with Crippen LogP contribution in [0.4, 0.5) is 0 Å². The molecule has 0 aliphatic rings. The van der Waals surface area contributed by atoms with E-state index < -0.39 is 0 Å². The third-order valence-electron chi connectivity index (χ3n) is 3.77. The minimum atomic E-state index is -0.0878. The van der Waals surface area contributed by atoms with E-state index >= 15 is 0 Å². The topological polar surface area (TPSA) is 39.2 Å². The van der Waals surface area contributed by atoms with E-state index in [2.05, 4.69) is 39.0 Å². The van der Waals surface area contributed by atoms with E-state index in [1.54, 1.807) is 6.26 Å². The monoisotopic (exact) mass is 257 g/mol. The number of nitrogens with two attached hydrogens (primary N) is 1. The zero-order valence-electron chi connectivity index (χ0n) is 12.1. The fourth-order valence-electron chi connectivity index (χ4n) is 2.56. The first kappa shape index (κ1) is 13.9. The minimum absolute atomic E-state index is 0.0878. The van der Waals surface area contributed by atoms with Crippen molar-refractivity contribution in [3.63, 3.8) is 0 Å². The van der Waals surface area contributed by atoms with Crippen LogP contribution in [0.3, 0.4) is 0 Å². The van der Waals surface area contributed by atoms with Crippen molar-refractivity contribution in [2.45, 2.75) is 46.1 Å². The van der Waals surface area contributed by atoms with Crippen LogP contribution in [0.1, 0.15) is 54.8 Å². The van der Waals surface area contributed by atoms with Crippen LogP contribution in [0, 0.1) is 0 Å². The Bertz CT molecular complexity index is 542. The molecule has 0 radical (unpaired) electrons. The molecule has 2 aromatic rings. The third-order valence-corrected chi connectivity index (χ3v) is 3.77. The van der Waals surface area contributed by atoms with Gasteiger partial charge in [0.25, 0.3) is 0 Å². The molecule has 2 heteroatoms. The Balaban J connectivity index is 2.45. The molecule has 1 heterocycles. The Morgan fingerprint density at radius 1 is 1.00 bits per heavy atom. The average molecular weight is 257 g/mol. The smallest absolute Gasteiger partial charge is 0.108 e. The molecule has 0 amide bonds. The van der Waals surface area contributed by atoms with Crippen LogP contribution in [0.2, 0.25) is 0 Å². The first-order valence-corrected chi connectivity index (χ1v) is 7.14. The van der Waals surface area contributed by atoms with E-state index in [0.717, 1.165) is 30.6 Å². The second-order valence-electron chi connectivity index (χ2n) is 4.87. The van der Waals surface area contributed by atoms with Crippen LogP contribution >= 0.6 is 0 Å². The molecule has 1 aromatic carbocycles. The van der Waals surface area contributed by atoms with E-state index in [0.29, 0.717) is 0 Å². The predicted octanol–water partition coefficient (Wildman–Crippen LogP) is 4.01. The lowest BCUT2D eigenvalue weighted by atomic mass is 9.91. The fraction of sp³-hybridized carbons (Fsp3) is 0.412. The summed E-state index contributed by atoms with van der Waals surface area (Å²) >= 11 is 0. The average Bonchev–Trinajstić information content (AvgIpc) is 2.94. The van der Waals surface area contributed by atoms with Crippen molar-refractivity contribution in [3.8, 4) is 0 Å². The molecule has 1 aromatic heterocycles. The van der Waals surface area contributed by atoms with Gasteiger partial charge in [-0.15, -0.1) is 0 Å². The molecule has 0 fully saturated rings. The molecule has 1 unspecified atom stereocenters. The van der Waals surface area contributed by atoms with Gasteiger partial charge in [-0.2, -0.15) is 0 Å². The normalized spacial score (nSPS) is 12.6. The highest BCUT2D eigenvalue weighted by Gasteiger charge is 2.17. The van der Waals surface area contributed by atoms with Gasteiger partial charge in [-0.05, 0) is 35.6 Å². The summed E-state index contributed by atoms with van der Waals surface area (Å²) in [5, 5.41) is 0. The molecule has 1 atom stereocenters. The van der Waals surface area contributed by atoms with Crippen molar-refractivity contribution in [1.29, 1.82) is 0 Å². The van der Waals surface area contributed by atoms with Gasteiger partial charge in [0, 0.05) is 12.0 Å². The zero-order valence-corrected chi connectivity index (χ0v) is 12.1. The summed E-state index contributed by atoms with van der Waals surface area (Å²) in [6, 6.07) is 8.57. The summed E-state index contributed by atoms with van der Waals surface area (Å²) in [5.74, 6) is 0.997. The SMILES string of the molecule is CCc1ccc(CC)c(C(N)c2ccoc2CC)c1. The molecule has 2 N–H and O–H groups in total. The number of benzene rings is 1. The summed E-state index contributed by atoms with van der Waals surface area (Å²) in [5.41, 5.74) is 11.5. The van der Waals surface area contributed by atoms with E-state index in [1.807, 2.05) is 6.07 Å². The summed E-state index contributed by atoms with van der Waals surface area (Å²) in [6.45, 7) is 6.44. The van der Waals surface area contributed by atoms with Crippen LogP contribution in [0.5, 0.6) is 0 Å². The minimum Gasteiger partial charge on any atom is -0.469 e. The summed E-state index contributed by atoms with van der Waals surface area (Å²) in [7, 11) is 0. The quantitative estimate of drug-likeness (QED) is 0.878. The standard InChI is InChI=1S/C17H23NO/c1-4-12-7-8-13(5-2)15(11-12)17(18)14-9-10-19-16(14)6-3/h7-11,17H,4-6,18H2,1-3H3. The predicted molar refractivity (Wildman–Crippen MR) is 79.3 cm³/mol. The van der Waals surface area contributed by atoms with Gasteiger partial charge in [0.15, 0.2) is 0 Å². The number of furan rings is 1. The molecule has 0 aliphatic carbocycles. The lowest BCUT2D eigenvalue weighted by Gasteiger charge is -2.17. The Hall–Kier alpha value is -1.54. The molecule has 0 saturated carbocycles. The van der Waals surface area contributed by atoms with Crippen molar-refractivity contribution < 1.29 is 4.42 Å². The fourth-order valence-corrected chi connectivity index (χ4v) is 2.56. The maximum atomic E-state index is 6.48. The summed E-state index contributed by atoms with van der Waals surface area (Å²) < 4.78 is 5.51. The highest BCUT2D eigenvalue weighted by molar-refractivity contribution is 5.40. The van der Waals surface area contributed by atoms with Gasteiger partial charge in [0.2, 0.25) is 0 Å². The van der Waals surface area contributed by atoms with Crippen molar-refractivity contribution >= 4 is 0 Å². The maximum Gasteiger partial charge on any atom is 0.108 e. The van der Waals surface area contributed by atoms with Gasteiger partial charge in [-0.25, -0.2) is 0 Å². The van der Waals surface area contributed by atoms with E-state index in [9.17, 15) is 0 Å². The maximum absolute atomic E-state index is 6.48. The van der Waals surface area contributed by atoms with E-state index in [1.165, 1.54) is 16.7 Å². The number of aryl methyl sites for hydroxylation is 3. The van der Waals surface area contributed by atoms with Crippen molar-refractivity contribution in [3.05, 3.63) is 58.5 Å². The molecule has 0 spiro atoms. The first-order chi connectivity index (χ1) is 9.21. The van der Waals surface area contributed by atoms with Crippen LogP contribution < -0.4 is 5.73 Å². The van der Waals surface area contributed by atoms with E-state index in [-0.39, 0.29) is 6.04 Å². The second kappa shape index (κ2) is 6.07. The van der Waals surface area contributed by atoms with Gasteiger partial charge in [0.1, 0.15) is 5.76 Å². The molecule has 0 saturated heterocycles. The number of rotatable bonds is 5. The van der Waals surface area contributed by atoms with Crippen LogP contribution in [0.25, 0.3) is 0 Å². The van der Waals surface area contributed by atoms with Crippen LogP contribution in [0.15, 0.2) is 34.9 Å².